The molecule has 134 valence electrons. The van der Waals surface area contributed by atoms with Crippen molar-refractivity contribution in [2.75, 3.05) is 0 Å². The molecule has 27 heavy (non-hydrogen) atoms. The maximum atomic E-state index is 12.8. The number of hydrogen-bond acceptors (Lipinski definition) is 5. The minimum Gasteiger partial charge on any atom is -0.440 e. The highest BCUT2D eigenvalue weighted by molar-refractivity contribution is 7.98. The molecule has 0 saturated carbocycles. The Morgan fingerprint density at radius 3 is 2.70 bits per heavy atom. The first-order chi connectivity index (χ1) is 13.3. The minimum absolute atomic E-state index is 0.0691. The van der Waals surface area contributed by atoms with E-state index in [1.54, 1.807) is 22.9 Å². The lowest BCUT2D eigenvalue weighted by Gasteiger charge is -2.10. The Kier molecular flexibility index (Phi) is 4.89. The van der Waals surface area contributed by atoms with Gasteiger partial charge in [0.1, 0.15) is 0 Å². The van der Waals surface area contributed by atoms with Gasteiger partial charge in [-0.05, 0) is 12.1 Å². The zero-order chi connectivity index (χ0) is 18.6. The molecular weight excluding hydrogens is 358 g/mol. The number of para-hydroxylation sites is 1. The van der Waals surface area contributed by atoms with Crippen molar-refractivity contribution in [1.29, 1.82) is 0 Å². The van der Waals surface area contributed by atoms with Crippen LogP contribution < -0.4 is 5.56 Å². The number of benzene rings is 2. The molecule has 0 saturated heterocycles. The Hall–Kier alpha value is -3.12. The summed E-state index contributed by atoms with van der Waals surface area (Å²) in [6, 6.07) is 17.2. The number of allylic oxidation sites excluding steroid dienone is 1. The number of oxazole rings is 1. The third-order valence-electron chi connectivity index (χ3n) is 4.07. The average Bonchev–Trinajstić information content (AvgIpc) is 3.19. The quantitative estimate of drug-likeness (QED) is 0.281. The van der Waals surface area contributed by atoms with Gasteiger partial charge >= 0.3 is 0 Å². The van der Waals surface area contributed by atoms with E-state index in [1.807, 2.05) is 48.5 Å². The predicted molar refractivity (Wildman–Crippen MR) is 108 cm³/mol. The normalized spacial score (nSPS) is 11.0. The predicted octanol–water partition coefficient (Wildman–Crippen LogP) is 4.53. The lowest BCUT2D eigenvalue weighted by molar-refractivity contribution is 0.529. The molecule has 0 unspecified atom stereocenters. The summed E-state index contributed by atoms with van der Waals surface area (Å²) in [4.78, 5) is 21.8. The maximum absolute atomic E-state index is 12.8. The van der Waals surface area contributed by atoms with Crippen LogP contribution >= 0.6 is 11.8 Å². The largest absolute Gasteiger partial charge is 0.440 e. The molecule has 5 nitrogen and oxygen atoms in total. The number of hydrogen-bond donors (Lipinski definition) is 0. The second-order valence-electron chi connectivity index (χ2n) is 5.89. The number of nitrogens with zero attached hydrogens (tertiary/aromatic N) is 3. The van der Waals surface area contributed by atoms with Gasteiger partial charge < -0.3 is 4.42 Å². The Morgan fingerprint density at radius 1 is 1.11 bits per heavy atom. The van der Waals surface area contributed by atoms with E-state index in [-0.39, 0.29) is 5.56 Å². The van der Waals surface area contributed by atoms with E-state index >= 15 is 0 Å². The molecule has 0 radical (unpaired) electrons. The van der Waals surface area contributed by atoms with E-state index in [0.717, 1.165) is 11.3 Å². The Balaban J connectivity index is 1.62. The lowest BCUT2D eigenvalue weighted by Crippen LogP contribution is -2.22. The van der Waals surface area contributed by atoms with Crippen LogP contribution in [-0.4, -0.2) is 14.5 Å². The van der Waals surface area contributed by atoms with Crippen molar-refractivity contribution >= 4 is 22.7 Å². The van der Waals surface area contributed by atoms with Gasteiger partial charge in [0.15, 0.2) is 10.9 Å². The molecule has 4 aromatic rings. The van der Waals surface area contributed by atoms with Gasteiger partial charge in [0.25, 0.3) is 5.56 Å². The first-order valence-corrected chi connectivity index (χ1v) is 9.48. The molecule has 0 fully saturated rings. The van der Waals surface area contributed by atoms with Gasteiger partial charge in [0.05, 0.1) is 22.9 Å². The smallest absolute Gasteiger partial charge is 0.262 e. The molecule has 0 aliphatic heterocycles. The summed E-state index contributed by atoms with van der Waals surface area (Å²) in [7, 11) is 0. The Labute approximate surface area is 160 Å². The fourth-order valence-electron chi connectivity index (χ4n) is 2.79. The summed E-state index contributed by atoms with van der Waals surface area (Å²) in [5.41, 5.74) is 1.59. The van der Waals surface area contributed by atoms with Crippen LogP contribution in [0.2, 0.25) is 0 Å². The highest BCUT2D eigenvalue weighted by Crippen LogP contribution is 2.25. The van der Waals surface area contributed by atoms with E-state index in [4.69, 9.17) is 4.42 Å². The molecule has 0 atom stereocenters. The second-order valence-corrected chi connectivity index (χ2v) is 6.83. The van der Waals surface area contributed by atoms with Crippen molar-refractivity contribution in [1.82, 2.24) is 14.5 Å². The van der Waals surface area contributed by atoms with E-state index in [0.29, 0.717) is 34.2 Å². The zero-order valence-corrected chi connectivity index (χ0v) is 15.4. The fraction of sp³-hybridized carbons (Fsp3) is 0.0952. The molecule has 2 heterocycles. The van der Waals surface area contributed by atoms with Crippen molar-refractivity contribution in [3.63, 3.8) is 0 Å². The summed E-state index contributed by atoms with van der Waals surface area (Å²) in [5.74, 6) is 1.79. The van der Waals surface area contributed by atoms with Crippen LogP contribution in [0, 0.1) is 0 Å². The standard InChI is InChI=1S/C21H17N3O2S/c1-2-12-24-20(25)16-10-6-7-11-17(16)23-21(24)27-14-19-22-13-18(26-19)15-8-4-3-5-9-15/h2-11,13H,1,12,14H2. The molecule has 2 aromatic carbocycles. The molecule has 0 aliphatic carbocycles. The third-order valence-corrected chi connectivity index (χ3v) is 5.04. The maximum Gasteiger partial charge on any atom is 0.262 e. The van der Waals surface area contributed by atoms with Crippen LogP contribution in [0.3, 0.4) is 0 Å². The van der Waals surface area contributed by atoms with Gasteiger partial charge in [-0.1, -0.05) is 60.3 Å². The number of thioether (sulfide) groups is 1. The Morgan fingerprint density at radius 2 is 1.89 bits per heavy atom. The van der Waals surface area contributed by atoms with E-state index in [9.17, 15) is 4.79 Å². The Bertz CT molecular complexity index is 1150. The third kappa shape index (κ3) is 3.57. The van der Waals surface area contributed by atoms with Gasteiger partial charge in [-0.15, -0.1) is 6.58 Å². The molecule has 2 aromatic heterocycles. The second kappa shape index (κ2) is 7.63. The van der Waals surface area contributed by atoms with Gasteiger partial charge in [0.2, 0.25) is 5.89 Å². The number of rotatable bonds is 6. The molecule has 0 bridgehead atoms. The average molecular weight is 375 g/mol. The zero-order valence-electron chi connectivity index (χ0n) is 14.5. The van der Waals surface area contributed by atoms with Crippen molar-refractivity contribution in [3.05, 3.63) is 89.7 Å². The monoisotopic (exact) mass is 375 g/mol. The van der Waals surface area contributed by atoms with Crippen molar-refractivity contribution in [3.8, 4) is 11.3 Å². The highest BCUT2D eigenvalue weighted by Gasteiger charge is 2.13. The summed E-state index contributed by atoms with van der Waals surface area (Å²) < 4.78 is 7.47. The van der Waals surface area contributed by atoms with E-state index in [1.165, 1.54) is 11.8 Å². The fourth-order valence-corrected chi connectivity index (χ4v) is 3.65. The first-order valence-electron chi connectivity index (χ1n) is 8.49. The SMILES string of the molecule is C=CCn1c(SCc2ncc(-c3ccccc3)o2)nc2ccccc2c1=O. The van der Waals surface area contributed by atoms with Gasteiger partial charge in [-0.3, -0.25) is 9.36 Å². The number of aromatic nitrogens is 3. The molecule has 0 aliphatic rings. The van der Waals surface area contributed by atoms with Crippen LogP contribution in [-0.2, 0) is 12.3 Å². The van der Waals surface area contributed by atoms with Crippen LogP contribution in [0.5, 0.6) is 0 Å². The molecule has 0 amide bonds. The molecule has 4 rings (SSSR count). The van der Waals surface area contributed by atoms with Crippen LogP contribution in [0.4, 0.5) is 0 Å². The summed E-state index contributed by atoms with van der Waals surface area (Å²) in [5, 5.41) is 1.23. The summed E-state index contributed by atoms with van der Waals surface area (Å²) >= 11 is 1.43. The van der Waals surface area contributed by atoms with Gasteiger partial charge in [0, 0.05) is 12.1 Å². The minimum atomic E-state index is -0.0691. The number of fused-ring (bicyclic) bond motifs is 1. The van der Waals surface area contributed by atoms with Crippen molar-refractivity contribution in [2.45, 2.75) is 17.5 Å². The lowest BCUT2D eigenvalue weighted by atomic mass is 10.2. The topological polar surface area (TPSA) is 60.9 Å². The molecule has 6 heteroatoms. The van der Waals surface area contributed by atoms with Gasteiger partial charge in [-0.2, -0.15) is 0 Å². The van der Waals surface area contributed by atoms with E-state index in [2.05, 4.69) is 16.5 Å². The molecule has 0 spiro atoms. The van der Waals surface area contributed by atoms with Crippen LogP contribution in [0.25, 0.3) is 22.2 Å². The first kappa shape index (κ1) is 17.3. The highest BCUT2D eigenvalue weighted by atomic mass is 32.2. The van der Waals surface area contributed by atoms with Gasteiger partial charge in [-0.25, -0.2) is 9.97 Å². The van der Waals surface area contributed by atoms with Crippen LogP contribution in [0.15, 0.2) is 87.8 Å². The summed E-state index contributed by atoms with van der Waals surface area (Å²) in [6.07, 6.45) is 3.41. The molecule has 0 N–H and O–H groups in total. The van der Waals surface area contributed by atoms with Crippen LogP contribution in [0.1, 0.15) is 5.89 Å². The van der Waals surface area contributed by atoms with E-state index < -0.39 is 0 Å². The molecular formula is C21H17N3O2S. The van der Waals surface area contributed by atoms with Crippen molar-refractivity contribution < 1.29 is 4.42 Å². The summed E-state index contributed by atoms with van der Waals surface area (Å²) in [6.45, 7) is 4.15. The van der Waals surface area contributed by atoms with Crippen molar-refractivity contribution in [2.24, 2.45) is 0 Å².